The normalized spacial score (nSPS) is 26.4. The molecule has 1 aliphatic heterocycles. The monoisotopic (exact) mass is 383 g/mol. The number of alkyl carbamates (subject to hydrolysis) is 1. The van der Waals surface area contributed by atoms with Crippen LogP contribution in [-0.2, 0) is 16.8 Å². The summed E-state index contributed by atoms with van der Waals surface area (Å²) in [6.07, 6.45) is 0.810. The summed E-state index contributed by atoms with van der Waals surface area (Å²) in [7, 11) is 0. The molecule has 134 valence electrons. The van der Waals surface area contributed by atoms with Gasteiger partial charge in [-0.25, -0.2) is 9.78 Å². The van der Waals surface area contributed by atoms with Crippen LogP contribution in [0.3, 0.4) is 0 Å². The van der Waals surface area contributed by atoms with Gasteiger partial charge in [-0.2, -0.15) is 4.39 Å². The smallest absolute Gasteiger partial charge is 0.407 e. The molecule has 1 aromatic heterocycles. The van der Waals surface area contributed by atoms with E-state index in [-0.39, 0.29) is 29.6 Å². The van der Waals surface area contributed by atoms with Crippen LogP contribution in [0.4, 0.5) is 9.18 Å². The molecule has 1 aliphatic carbocycles. The Morgan fingerprint density at radius 2 is 2.08 bits per heavy atom. The number of piperidine rings is 1. The minimum Gasteiger partial charge on any atom is -0.445 e. The number of aromatic nitrogens is 1. The van der Waals surface area contributed by atoms with Gasteiger partial charge < -0.3 is 15.4 Å². The number of fused-ring (bicyclic) bond motifs is 1. The fraction of sp³-hybridized carbons (Fsp3) is 0.412. The summed E-state index contributed by atoms with van der Waals surface area (Å²) in [6, 6.07) is 9.54. The molecule has 2 aliphatic rings. The molecule has 2 N–H and O–H groups in total. The second-order valence-electron chi connectivity index (χ2n) is 6.30. The van der Waals surface area contributed by atoms with Crippen LogP contribution in [0, 0.1) is 17.0 Å². The number of rotatable bonds is 5. The molecule has 4 rings (SSSR count). The van der Waals surface area contributed by atoms with Gasteiger partial charge in [0.05, 0.1) is 6.20 Å². The van der Waals surface area contributed by atoms with Crippen molar-refractivity contribution in [2.24, 2.45) is 11.8 Å². The molecule has 25 heavy (non-hydrogen) atoms. The Hall–Kier alpha value is -1.70. The van der Waals surface area contributed by atoms with Crippen molar-refractivity contribution in [3.8, 4) is 0 Å². The first-order valence-electron chi connectivity index (χ1n) is 7.97. The van der Waals surface area contributed by atoms with E-state index in [1.807, 2.05) is 30.3 Å². The SMILES string of the molecule is Cl.O=C(NCC1(c2ncc(F)s2)[C@@H]2CNC[C@@H]21)OCc1ccccc1. The van der Waals surface area contributed by atoms with Crippen molar-refractivity contribution in [3.05, 3.63) is 52.2 Å². The number of amides is 1. The van der Waals surface area contributed by atoms with Crippen molar-refractivity contribution in [1.29, 1.82) is 0 Å². The van der Waals surface area contributed by atoms with Crippen LogP contribution in [-0.4, -0.2) is 30.7 Å². The van der Waals surface area contributed by atoms with Gasteiger partial charge in [0.25, 0.3) is 0 Å². The number of halogens is 2. The molecule has 0 spiro atoms. The Balaban J connectivity index is 0.00000182. The van der Waals surface area contributed by atoms with Gasteiger partial charge in [-0.1, -0.05) is 41.7 Å². The van der Waals surface area contributed by atoms with E-state index in [9.17, 15) is 9.18 Å². The summed E-state index contributed by atoms with van der Waals surface area (Å²) < 4.78 is 18.7. The maximum absolute atomic E-state index is 13.4. The fourth-order valence-corrected chi connectivity index (χ4v) is 4.73. The molecule has 5 nitrogen and oxygen atoms in total. The number of hydrogen-bond donors (Lipinski definition) is 2. The molecule has 0 radical (unpaired) electrons. The molecule has 2 heterocycles. The third-order valence-electron chi connectivity index (χ3n) is 5.04. The van der Waals surface area contributed by atoms with Crippen LogP contribution in [0.25, 0.3) is 0 Å². The van der Waals surface area contributed by atoms with Gasteiger partial charge in [0.15, 0.2) is 5.13 Å². The summed E-state index contributed by atoms with van der Waals surface area (Å²) in [5.74, 6) is 0.801. The first-order chi connectivity index (χ1) is 11.7. The standard InChI is InChI=1S/C17H18FN3O2S.ClH/c18-14-8-20-15(24-14)17(12-6-19-7-13(12)17)10-21-16(22)23-9-11-4-2-1-3-5-11;/h1-5,8,12-13,19H,6-7,9-10H2,(H,21,22);1H/t12-,13+,17?;. The molecular formula is C17H19ClFN3O2S. The van der Waals surface area contributed by atoms with Crippen LogP contribution in [0.1, 0.15) is 10.6 Å². The number of benzene rings is 1. The Labute approximate surface area is 155 Å². The van der Waals surface area contributed by atoms with E-state index in [0.29, 0.717) is 18.4 Å². The van der Waals surface area contributed by atoms with Gasteiger partial charge in [0, 0.05) is 12.0 Å². The number of nitrogens with zero attached hydrogens (tertiary/aromatic N) is 1. The van der Waals surface area contributed by atoms with E-state index in [1.165, 1.54) is 6.20 Å². The Morgan fingerprint density at radius 1 is 1.36 bits per heavy atom. The summed E-state index contributed by atoms with van der Waals surface area (Å²) in [5, 5.41) is 6.67. The van der Waals surface area contributed by atoms with Crippen LogP contribution < -0.4 is 10.6 Å². The highest BCUT2D eigenvalue weighted by atomic mass is 35.5. The van der Waals surface area contributed by atoms with Crippen molar-refractivity contribution < 1.29 is 13.9 Å². The lowest BCUT2D eigenvalue weighted by Crippen LogP contribution is -2.38. The van der Waals surface area contributed by atoms with Gasteiger partial charge in [0.1, 0.15) is 11.6 Å². The highest BCUT2D eigenvalue weighted by Crippen LogP contribution is 2.61. The summed E-state index contributed by atoms with van der Waals surface area (Å²) in [5.41, 5.74) is 0.698. The van der Waals surface area contributed by atoms with Gasteiger partial charge in [-0.15, -0.1) is 12.4 Å². The van der Waals surface area contributed by atoms with Crippen molar-refractivity contribution in [1.82, 2.24) is 15.6 Å². The molecule has 1 amide bonds. The predicted molar refractivity (Wildman–Crippen MR) is 95.5 cm³/mol. The zero-order valence-electron chi connectivity index (χ0n) is 13.4. The first-order valence-corrected chi connectivity index (χ1v) is 8.79. The molecule has 2 aromatic rings. The lowest BCUT2D eigenvalue weighted by molar-refractivity contribution is 0.138. The average molecular weight is 384 g/mol. The second kappa shape index (κ2) is 7.27. The molecule has 3 atom stereocenters. The highest BCUT2D eigenvalue weighted by molar-refractivity contribution is 7.10. The van der Waals surface area contributed by atoms with Crippen LogP contribution in [0.5, 0.6) is 0 Å². The largest absolute Gasteiger partial charge is 0.445 e. The minimum atomic E-state index is -0.451. The zero-order valence-corrected chi connectivity index (χ0v) is 15.0. The number of hydrogen-bond acceptors (Lipinski definition) is 5. The maximum Gasteiger partial charge on any atom is 0.407 e. The zero-order chi connectivity index (χ0) is 16.6. The molecular weight excluding hydrogens is 365 g/mol. The van der Waals surface area contributed by atoms with Crippen molar-refractivity contribution in [2.75, 3.05) is 19.6 Å². The average Bonchev–Trinajstić information content (AvgIpc) is 2.99. The van der Waals surface area contributed by atoms with Crippen LogP contribution in [0.2, 0.25) is 0 Å². The predicted octanol–water partition coefficient (Wildman–Crippen LogP) is 2.72. The third-order valence-corrected chi connectivity index (χ3v) is 6.02. The molecule has 1 saturated heterocycles. The lowest BCUT2D eigenvalue weighted by atomic mass is 10.0. The van der Waals surface area contributed by atoms with Crippen molar-refractivity contribution >= 4 is 29.8 Å². The molecule has 2 fully saturated rings. The number of nitrogens with one attached hydrogen (secondary N) is 2. The van der Waals surface area contributed by atoms with E-state index < -0.39 is 6.09 Å². The van der Waals surface area contributed by atoms with E-state index in [0.717, 1.165) is 35.0 Å². The minimum absolute atomic E-state index is 0. The van der Waals surface area contributed by atoms with Crippen molar-refractivity contribution in [3.63, 3.8) is 0 Å². The van der Waals surface area contributed by atoms with E-state index >= 15 is 0 Å². The Kier molecular flexibility index (Phi) is 5.27. The maximum atomic E-state index is 13.4. The molecule has 1 saturated carbocycles. The van der Waals surface area contributed by atoms with E-state index in [2.05, 4.69) is 15.6 Å². The molecule has 1 unspecified atom stereocenters. The van der Waals surface area contributed by atoms with Gasteiger partial charge >= 0.3 is 6.09 Å². The summed E-state index contributed by atoms with van der Waals surface area (Å²) >= 11 is 1.08. The Morgan fingerprint density at radius 3 is 2.72 bits per heavy atom. The van der Waals surface area contributed by atoms with Gasteiger partial charge in [-0.05, 0) is 30.5 Å². The lowest BCUT2D eigenvalue weighted by Gasteiger charge is -2.19. The van der Waals surface area contributed by atoms with Crippen LogP contribution >= 0.6 is 23.7 Å². The van der Waals surface area contributed by atoms with Gasteiger partial charge in [0.2, 0.25) is 0 Å². The topological polar surface area (TPSA) is 63.2 Å². The molecule has 1 aromatic carbocycles. The summed E-state index contributed by atoms with van der Waals surface area (Å²) in [4.78, 5) is 16.2. The highest BCUT2D eigenvalue weighted by Gasteiger charge is 2.68. The fourth-order valence-electron chi connectivity index (χ4n) is 3.76. The Bertz CT molecular complexity index is 733. The van der Waals surface area contributed by atoms with Crippen LogP contribution in [0.15, 0.2) is 36.5 Å². The number of carbonyl (C=O) groups is 1. The van der Waals surface area contributed by atoms with E-state index in [1.54, 1.807) is 0 Å². The van der Waals surface area contributed by atoms with E-state index in [4.69, 9.17) is 4.74 Å². The third kappa shape index (κ3) is 3.36. The molecule has 8 heteroatoms. The quantitative estimate of drug-likeness (QED) is 0.833. The summed E-state index contributed by atoms with van der Waals surface area (Å²) in [6.45, 7) is 2.43. The second-order valence-corrected chi connectivity index (χ2v) is 7.28. The van der Waals surface area contributed by atoms with Crippen molar-refractivity contribution in [2.45, 2.75) is 12.0 Å². The number of ether oxygens (including phenoxy) is 1. The van der Waals surface area contributed by atoms with Gasteiger partial charge in [-0.3, -0.25) is 0 Å². The number of carbonyl (C=O) groups excluding carboxylic acids is 1. The molecule has 0 bridgehead atoms. The number of thiazole rings is 1. The first kappa shape index (κ1) is 18.1.